The van der Waals surface area contributed by atoms with Gasteiger partial charge in [0.25, 0.3) is 11.8 Å². The summed E-state index contributed by atoms with van der Waals surface area (Å²) in [5.41, 5.74) is 0.0498. The van der Waals surface area contributed by atoms with Gasteiger partial charge in [0.05, 0.1) is 18.8 Å². The van der Waals surface area contributed by atoms with Crippen molar-refractivity contribution in [1.82, 2.24) is 15.1 Å². The van der Waals surface area contributed by atoms with Crippen LogP contribution in [0.1, 0.15) is 42.6 Å². The maximum atomic E-state index is 14.5. The summed E-state index contributed by atoms with van der Waals surface area (Å²) in [6, 6.07) is 9.68. The minimum absolute atomic E-state index is 0.147. The molecule has 40 heavy (non-hydrogen) atoms. The van der Waals surface area contributed by atoms with E-state index < -0.39 is 41.3 Å². The van der Waals surface area contributed by atoms with E-state index in [0.29, 0.717) is 17.9 Å². The van der Waals surface area contributed by atoms with E-state index in [4.69, 9.17) is 9.47 Å². The molecule has 1 N–H and O–H groups in total. The van der Waals surface area contributed by atoms with Gasteiger partial charge in [0.1, 0.15) is 23.1 Å². The Labute approximate surface area is 233 Å². The van der Waals surface area contributed by atoms with Crippen LogP contribution in [0, 0.1) is 5.82 Å². The molecule has 214 valence electrons. The summed E-state index contributed by atoms with van der Waals surface area (Å²) < 4.78 is 25.1. The summed E-state index contributed by atoms with van der Waals surface area (Å²) in [6.45, 7) is 3.88. The number of imide groups is 1. The number of aryl methyl sites for hydroxylation is 1. The second kappa shape index (κ2) is 11.6. The number of benzene rings is 2. The molecular weight excluding hydrogens is 519 g/mol. The van der Waals surface area contributed by atoms with Crippen molar-refractivity contribution in [1.29, 1.82) is 0 Å². The van der Waals surface area contributed by atoms with Crippen molar-refractivity contribution in [2.45, 2.75) is 50.8 Å². The van der Waals surface area contributed by atoms with Crippen LogP contribution in [0.2, 0.25) is 0 Å². The molecule has 2 fully saturated rings. The highest BCUT2D eigenvalue weighted by atomic mass is 19.1. The molecule has 1 unspecified atom stereocenters. The number of methoxy groups -OCH3 is 2. The fourth-order valence-electron chi connectivity index (χ4n) is 5.35. The molecule has 0 bridgehead atoms. The molecule has 0 radical (unpaired) electrons. The molecular formula is C29H35FN4O6. The van der Waals surface area contributed by atoms with Crippen LogP contribution in [0.5, 0.6) is 5.75 Å². The number of rotatable bonds is 8. The normalized spacial score (nSPS) is 18.2. The molecule has 2 aromatic rings. The molecule has 2 aliphatic heterocycles. The molecule has 2 atom stereocenters. The lowest BCUT2D eigenvalue weighted by Gasteiger charge is -2.43. The largest absolute Gasteiger partial charge is 0.497 e. The van der Waals surface area contributed by atoms with Crippen molar-refractivity contribution in [3.63, 3.8) is 0 Å². The Morgan fingerprint density at radius 1 is 1.07 bits per heavy atom. The number of ether oxygens (including phenoxy) is 2. The molecule has 2 saturated heterocycles. The summed E-state index contributed by atoms with van der Waals surface area (Å²) in [4.78, 5) is 57.4. The number of likely N-dealkylation sites (tertiary alicyclic amines) is 1. The van der Waals surface area contributed by atoms with Gasteiger partial charge in [-0.25, -0.2) is 9.18 Å². The third kappa shape index (κ3) is 5.13. The number of carbonyl (C=O) groups excluding carboxylic acids is 4. The van der Waals surface area contributed by atoms with Gasteiger partial charge < -0.3 is 19.7 Å². The molecule has 0 saturated carbocycles. The van der Waals surface area contributed by atoms with Crippen LogP contribution in [-0.4, -0.2) is 85.6 Å². The van der Waals surface area contributed by atoms with Gasteiger partial charge in [-0.05, 0) is 68.1 Å². The van der Waals surface area contributed by atoms with E-state index in [1.54, 1.807) is 49.3 Å². The quantitative estimate of drug-likeness (QED) is 0.503. The van der Waals surface area contributed by atoms with Crippen LogP contribution in [0.25, 0.3) is 0 Å². The lowest BCUT2D eigenvalue weighted by atomic mass is 9.85. The van der Waals surface area contributed by atoms with Crippen LogP contribution in [0.3, 0.4) is 0 Å². The average Bonchev–Trinajstić information content (AvgIpc) is 3.15. The first kappa shape index (κ1) is 29.0. The van der Waals surface area contributed by atoms with Crippen molar-refractivity contribution in [3.05, 3.63) is 59.4 Å². The van der Waals surface area contributed by atoms with Crippen LogP contribution in [-0.2, 0) is 20.7 Å². The topological polar surface area (TPSA) is 108 Å². The Balaban J connectivity index is 1.54. The SMILES string of the molecule is CCc1ccc(F)c(C(=O)NC(C(=O)N2CCC3(CC2)C(=O)N(C)C(=O)N3c2ccc(OC)cc2)[C@H](C)OC)c1. The molecule has 2 aromatic carbocycles. The molecule has 0 aliphatic carbocycles. The number of nitrogens with one attached hydrogen (secondary N) is 1. The number of amides is 5. The number of urea groups is 1. The minimum Gasteiger partial charge on any atom is -0.497 e. The Hall–Kier alpha value is -3.99. The molecule has 5 amide bonds. The van der Waals surface area contributed by atoms with Crippen LogP contribution >= 0.6 is 0 Å². The van der Waals surface area contributed by atoms with Crippen molar-refractivity contribution < 1.29 is 33.0 Å². The highest BCUT2D eigenvalue weighted by Crippen LogP contribution is 2.40. The van der Waals surface area contributed by atoms with Gasteiger partial charge in [-0.1, -0.05) is 13.0 Å². The standard InChI is InChI=1S/C29H35FN4O6/c1-6-19-7-12-23(30)22(17-19)25(35)31-24(18(2)39-4)26(36)33-15-13-29(14-16-33)27(37)32(3)28(38)34(29)20-8-10-21(40-5)11-9-20/h7-12,17-18,24H,6,13-16H2,1-5H3,(H,31,35)/t18-,24?/m0/s1. The summed E-state index contributed by atoms with van der Waals surface area (Å²) in [5, 5.41) is 2.66. The van der Waals surface area contributed by atoms with E-state index in [1.165, 1.54) is 31.2 Å². The molecule has 0 aromatic heterocycles. The van der Waals surface area contributed by atoms with E-state index in [9.17, 15) is 23.6 Å². The first-order valence-electron chi connectivity index (χ1n) is 13.2. The zero-order valence-corrected chi connectivity index (χ0v) is 23.4. The molecule has 10 nitrogen and oxygen atoms in total. The smallest absolute Gasteiger partial charge is 0.331 e. The van der Waals surface area contributed by atoms with Crippen molar-refractivity contribution in [2.75, 3.05) is 39.3 Å². The van der Waals surface area contributed by atoms with Crippen LogP contribution < -0.4 is 15.0 Å². The third-order valence-electron chi connectivity index (χ3n) is 7.92. The van der Waals surface area contributed by atoms with Gasteiger partial charge in [-0.3, -0.25) is 24.2 Å². The Kier molecular flexibility index (Phi) is 8.43. The van der Waals surface area contributed by atoms with Crippen molar-refractivity contribution >= 4 is 29.4 Å². The van der Waals surface area contributed by atoms with E-state index >= 15 is 0 Å². The number of carbonyl (C=O) groups is 4. The monoisotopic (exact) mass is 554 g/mol. The summed E-state index contributed by atoms with van der Waals surface area (Å²) in [5.74, 6) is -1.52. The summed E-state index contributed by atoms with van der Waals surface area (Å²) >= 11 is 0. The van der Waals surface area contributed by atoms with E-state index in [0.717, 1.165) is 10.5 Å². The first-order chi connectivity index (χ1) is 19.1. The lowest BCUT2D eigenvalue weighted by molar-refractivity contribution is -0.141. The predicted molar refractivity (Wildman–Crippen MR) is 146 cm³/mol. The molecule has 2 heterocycles. The third-order valence-corrected chi connectivity index (χ3v) is 7.92. The van der Waals surface area contributed by atoms with Gasteiger partial charge in [0.2, 0.25) is 5.91 Å². The maximum Gasteiger partial charge on any atom is 0.331 e. The number of hydrogen-bond acceptors (Lipinski definition) is 6. The van der Waals surface area contributed by atoms with Crippen LogP contribution in [0.4, 0.5) is 14.9 Å². The van der Waals surface area contributed by atoms with E-state index in [2.05, 4.69) is 5.32 Å². The van der Waals surface area contributed by atoms with Gasteiger partial charge in [-0.15, -0.1) is 0 Å². The second-order valence-corrected chi connectivity index (χ2v) is 10.1. The van der Waals surface area contributed by atoms with Gasteiger partial charge in [0.15, 0.2) is 0 Å². The van der Waals surface area contributed by atoms with Gasteiger partial charge >= 0.3 is 6.03 Å². The average molecular weight is 555 g/mol. The number of anilines is 1. The highest BCUT2D eigenvalue weighted by Gasteiger charge is 2.58. The Morgan fingerprint density at radius 3 is 2.30 bits per heavy atom. The predicted octanol–water partition coefficient (Wildman–Crippen LogP) is 2.99. The molecule has 1 spiro atoms. The summed E-state index contributed by atoms with van der Waals surface area (Å²) in [7, 11) is 4.42. The fourth-order valence-corrected chi connectivity index (χ4v) is 5.35. The van der Waals surface area contributed by atoms with E-state index in [1.807, 2.05) is 6.92 Å². The first-order valence-corrected chi connectivity index (χ1v) is 13.2. The molecule has 2 aliphatic rings. The van der Waals surface area contributed by atoms with Crippen LogP contribution in [0.15, 0.2) is 42.5 Å². The molecule has 4 rings (SSSR count). The number of hydrogen-bond donors (Lipinski definition) is 1. The fraction of sp³-hybridized carbons (Fsp3) is 0.448. The number of likely N-dealkylation sites (N-methyl/N-ethyl adjacent to an activating group) is 1. The number of piperidine rings is 1. The molecule has 11 heteroatoms. The zero-order valence-electron chi connectivity index (χ0n) is 23.4. The highest BCUT2D eigenvalue weighted by molar-refractivity contribution is 6.16. The number of halogens is 1. The van der Waals surface area contributed by atoms with Gasteiger partial charge in [0, 0.05) is 32.9 Å². The lowest BCUT2D eigenvalue weighted by Crippen LogP contribution is -2.61. The zero-order chi connectivity index (χ0) is 29.2. The Morgan fingerprint density at radius 2 is 1.73 bits per heavy atom. The Bertz CT molecular complexity index is 1290. The maximum absolute atomic E-state index is 14.5. The van der Waals surface area contributed by atoms with E-state index in [-0.39, 0.29) is 37.4 Å². The second-order valence-electron chi connectivity index (χ2n) is 10.1. The minimum atomic E-state index is -1.15. The number of nitrogens with zero attached hydrogens (tertiary/aromatic N) is 3. The van der Waals surface area contributed by atoms with Crippen molar-refractivity contribution in [3.8, 4) is 5.75 Å². The van der Waals surface area contributed by atoms with Gasteiger partial charge in [-0.2, -0.15) is 0 Å². The van der Waals surface area contributed by atoms with Crippen molar-refractivity contribution in [2.24, 2.45) is 0 Å². The summed E-state index contributed by atoms with van der Waals surface area (Å²) in [6.07, 6.45) is 0.321.